The molecule has 0 aliphatic rings. The zero-order valence-electron chi connectivity index (χ0n) is 66.6. The number of rotatable bonds is 16. The van der Waals surface area contributed by atoms with Gasteiger partial charge < -0.3 is 0 Å². The molecule has 16 rings (SSSR count). The van der Waals surface area contributed by atoms with Crippen LogP contribution in [0, 0.1) is 18.3 Å². The smallest absolute Gasteiger partial charge is 0.160 e. The van der Waals surface area contributed by atoms with Gasteiger partial charge in [0, 0.05) is 85.3 Å². The Kier molecular flexibility index (Phi) is 27.5. The predicted molar refractivity (Wildman–Crippen MR) is 468 cm³/mol. The van der Waals surface area contributed by atoms with E-state index in [2.05, 4.69) is 243 Å². The van der Waals surface area contributed by atoms with Crippen LogP contribution >= 0.6 is 0 Å². The van der Waals surface area contributed by atoms with Gasteiger partial charge in [-0.3, -0.25) is 4.98 Å². The van der Waals surface area contributed by atoms with Crippen molar-refractivity contribution in [3.8, 4) is 130 Å². The van der Waals surface area contributed by atoms with E-state index in [1.165, 1.54) is 5.56 Å². The van der Waals surface area contributed by atoms with E-state index in [1.54, 1.807) is 6.20 Å². The maximum Gasteiger partial charge on any atom is 0.160 e. The SMILES string of the molecule is CC(C)c1cc(-c2ccccc2)nc(-c2ccccc2)n1.CC(C)c1nc(-c2ccccc2)cc(-c2ccccc2)n1.CC(C)c1nc(-c2ccccc2)cc(-c2ccccn2)n1.CC(C)c1nc(-c2ccccc2)nc(-c2ccccc2)c1-c1ccccc1.Cc1ccc(-c2cc(-c3ccc(C#N)cc3)nc(C(C)C)n2)cc1. The van der Waals surface area contributed by atoms with E-state index in [0.29, 0.717) is 17.4 Å². The summed E-state index contributed by atoms with van der Waals surface area (Å²) in [4.78, 5) is 52.1. The van der Waals surface area contributed by atoms with Crippen LogP contribution in [0.25, 0.3) is 124 Å². The molecule has 0 atom stereocenters. The molecule has 0 unspecified atom stereocenters. The first kappa shape index (κ1) is 79.8. The number of aromatic nitrogens is 11. The zero-order valence-corrected chi connectivity index (χ0v) is 66.6. The van der Waals surface area contributed by atoms with Crippen molar-refractivity contribution >= 4 is 0 Å². The van der Waals surface area contributed by atoms with Crippen molar-refractivity contribution in [3.63, 3.8) is 0 Å². The van der Waals surface area contributed by atoms with Gasteiger partial charge in [-0.2, -0.15) is 5.26 Å². The normalized spacial score (nSPS) is 10.8. The van der Waals surface area contributed by atoms with E-state index in [0.717, 1.165) is 153 Å². The fraction of sp³-hybridized carbons (Fsp3) is 0.157. The lowest BCUT2D eigenvalue weighted by atomic mass is 9.93. The monoisotopic (exact) mass is 1490 g/mol. The number of aryl methyl sites for hydroxylation is 1. The fourth-order valence-electron chi connectivity index (χ4n) is 12.4. The molecule has 0 fully saturated rings. The van der Waals surface area contributed by atoms with Crippen molar-refractivity contribution in [3.05, 3.63) is 380 Å². The Labute approximate surface area is 671 Å². The molecule has 12 heteroatoms. The number of hydrogen-bond donors (Lipinski definition) is 0. The van der Waals surface area contributed by atoms with Crippen molar-refractivity contribution in [2.45, 2.75) is 106 Å². The highest BCUT2D eigenvalue weighted by Crippen LogP contribution is 2.39. The summed E-state index contributed by atoms with van der Waals surface area (Å²) in [7, 11) is 0. The molecule has 114 heavy (non-hydrogen) atoms. The lowest BCUT2D eigenvalue weighted by molar-refractivity contribution is 0.777. The van der Waals surface area contributed by atoms with Gasteiger partial charge in [0.1, 0.15) is 17.5 Å². The topological polar surface area (TPSA) is 166 Å². The summed E-state index contributed by atoms with van der Waals surface area (Å²) in [5.74, 6) is 5.60. The van der Waals surface area contributed by atoms with E-state index >= 15 is 0 Å². The second-order valence-corrected chi connectivity index (χ2v) is 29.1. The minimum Gasteiger partial charge on any atom is -0.255 e. The van der Waals surface area contributed by atoms with E-state index in [9.17, 15) is 0 Å². The van der Waals surface area contributed by atoms with Crippen molar-refractivity contribution < 1.29 is 0 Å². The molecule has 6 heterocycles. The molecule has 562 valence electrons. The second-order valence-electron chi connectivity index (χ2n) is 29.1. The highest BCUT2D eigenvalue weighted by molar-refractivity contribution is 5.84. The molecular formula is C102H94N12. The van der Waals surface area contributed by atoms with Crippen LogP contribution in [-0.2, 0) is 0 Å². The van der Waals surface area contributed by atoms with E-state index in [4.69, 9.17) is 45.1 Å². The Morgan fingerprint density at radius 3 is 0.912 bits per heavy atom. The molecule has 0 spiro atoms. The molecule has 12 nitrogen and oxygen atoms in total. The number of benzene rings is 10. The van der Waals surface area contributed by atoms with Crippen molar-refractivity contribution in [2.75, 3.05) is 0 Å². The molecule has 0 N–H and O–H groups in total. The van der Waals surface area contributed by atoms with Gasteiger partial charge in [0.15, 0.2) is 11.6 Å². The van der Waals surface area contributed by atoms with Crippen molar-refractivity contribution in [2.24, 2.45) is 0 Å². The Bertz CT molecular complexity index is 5250. The first-order valence-corrected chi connectivity index (χ1v) is 38.9. The second kappa shape index (κ2) is 39.2. The average Bonchev–Trinajstić information content (AvgIpc) is 0.727. The highest BCUT2D eigenvalue weighted by Gasteiger charge is 2.22. The third-order valence-electron chi connectivity index (χ3n) is 18.6. The first-order valence-electron chi connectivity index (χ1n) is 38.9. The lowest BCUT2D eigenvalue weighted by Gasteiger charge is -2.18. The maximum absolute atomic E-state index is 8.96. The third kappa shape index (κ3) is 21.4. The van der Waals surface area contributed by atoms with Crippen LogP contribution in [0.15, 0.2) is 340 Å². The minimum absolute atomic E-state index is 0.243. The molecule has 0 saturated carbocycles. The van der Waals surface area contributed by atoms with Crippen LogP contribution < -0.4 is 0 Å². The largest absolute Gasteiger partial charge is 0.255 e. The fourth-order valence-corrected chi connectivity index (χ4v) is 12.4. The van der Waals surface area contributed by atoms with Crippen LogP contribution in [0.5, 0.6) is 0 Å². The predicted octanol–water partition coefficient (Wildman–Crippen LogP) is 25.9. The molecular weight excluding hydrogens is 1390 g/mol. The summed E-state index contributed by atoms with van der Waals surface area (Å²) in [6.07, 6.45) is 1.79. The average molecular weight is 1490 g/mol. The molecule has 0 saturated heterocycles. The van der Waals surface area contributed by atoms with E-state index < -0.39 is 0 Å². The first-order chi connectivity index (χ1) is 55.5. The summed E-state index contributed by atoms with van der Waals surface area (Å²) in [6.45, 7) is 23.4. The van der Waals surface area contributed by atoms with Crippen LogP contribution in [0.1, 0.15) is 139 Å². The number of hydrogen-bond acceptors (Lipinski definition) is 12. The van der Waals surface area contributed by atoms with Gasteiger partial charge in [0.2, 0.25) is 0 Å². The number of nitrogens with zero attached hydrogens (tertiary/aromatic N) is 12. The minimum atomic E-state index is 0.243. The van der Waals surface area contributed by atoms with Gasteiger partial charge in [-0.15, -0.1) is 0 Å². The van der Waals surface area contributed by atoms with Gasteiger partial charge >= 0.3 is 0 Å². The summed E-state index contributed by atoms with van der Waals surface area (Å²) < 4.78 is 0. The summed E-state index contributed by atoms with van der Waals surface area (Å²) in [5.41, 5.74) is 24.5. The summed E-state index contributed by atoms with van der Waals surface area (Å²) >= 11 is 0. The van der Waals surface area contributed by atoms with Crippen molar-refractivity contribution in [1.82, 2.24) is 54.8 Å². The Hall–Kier alpha value is -13.8. The molecule has 0 bridgehead atoms. The van der Waals surface area contributed by atoms with Gasteiger partial charge in [-0.05, 0) is 72.9 Å². The van der Waals surface area contributed by atoms with E-state index in [-0.39, 0.29) is 17.8 Å². The third-order valence-corrected chi connectivity index (χ3v) is 18.6. The quantitative estimate of drug-likeness (QED) is 0.0900. The van der Waals surface area contributed by atoms with Crippen molar-refractivity contribution in [1.29, 1.82) is 5.26 Å². The zero-order chi connectivity index (χ0) is 79.7. The molecule has 0 amide bonds. The van der Waals surface area contributed by atoms with Crippen LogP contribution in [0.4, 0.5) is 0 Å². The van der Waals surface area contributed by atoms with Gasteiger partial charge in [0.05, 0.1) is 68.6 Å². The molecule has 10 aromatic carbocycles. The van der Waals surface area contributed by atoms with Crippen LogP contribution in [0.2, 0.25) is 0 Å². The molecule has 0 aliphatic heterocycles. The Morgan fingerprint density at radius 1 is 0.246 bits per heavy atom. The summed E-state index contributed by atoms with van der Waals surface area (Å²) in [6, 6.07) is 114. The van der Waals surface area contributed by atoms with E-state index in [1.807, 2.05) is 188 Å². The molecule has 0 radical (unpaired) electrons. The Balaban J connectivity index is 0.000000132. The highest BCUT2D eigenvalue weighted by atomic mass is 14.9. The Morgan fingerprint density at radius 2 is 0.561 bits per heavy atom. The lowest BCUT2D eigenvalue weighted by Crippen LogP contribution is -2.04. The summed E-state index contributed by atoms with van der Waals surface area (Å²) in [5, 5.41) is 8.96. The van der Waals surface area contributed by atoms with Gasteiger partial charge in [-0.25, -0.2) is 49.8 Å². The molecule has 16 aromatic rings. The molecule has 0 aliphatic carbocycles. The van der Waals surface area contributed by atoms with Crippen LogP contribution in [0.3, 0.4) is 0 Å². The molecule has 6 aromatic heterocycles. The number of nitriles is 1. The number of pyridine rings is 1. The van der Waals surface area contributed by atoms with Crippen LogP contribution in [-0.4, -0.2) is 54.8 Å². The maximum atomic E-state index is 8.96. The van der Waals surface area contributed by atoms with Gasteiger partial charge in [0.25, 0.3) is 0 Å². The van der Waals surface area contributed by atoms with Gasteiger partial charge in [-0.1, -0.05) is 360 Å². The standard InChI is InChI=1S/C25H22N2.C21H19N3.2C19H18N2.C18H17N3/c1-18(2)23-22(19-12-6-3-7-13-19)24(20-14-8-4-9-15-20)27-25(26-23)21-16-10-5-11-17-21;1-14(2)21-23-19(17-8-4-15(3)5-9-17)12-20(24-21)18-10-6-16(13-22)7-11-18;1-14(2)19-20-17(15-9-5-3-6-10-15)13-18(21-19)16-11-7-4-8-12-16;1-14(2)17-13-18(15-9-5-3-6-10-15)21-19(20-17)16-11-7-4-8-12-16;1-13(2)18-20-16(14-8-4-3-5-9-14)12-17(21-18)15-10-6-7-11-19-15/h3-18H,1-2H3;4-12,14H,1-3H3;2*3-14H,1-2H3;3-13H,1-2H3.